The number of ether oxygens (including phenoxy) is 3. The number of anilines is 1. The standard InChI is InChI=1S/C44H67ClN4O6S/c1-7-55-44(30-47-22-23-49(31(2)3)33(5)27-47)20-10-11-32(4)42(19-24-53-6)56(51,52)46-43(50)35-15-18-41-40(26-35)48(28-36-14-17-39(36)44)21-9-8-12-34-25-38(45)16-13-37(34)29-54-41/h13,15-16,18,25-26,31-33,36,39,42H,7-12,14,17,19-24,27-30H2,1-6H3,(H,46,50)/t32-,33+,36-,39+,42+,44-/m0/s1. The minimum absolute atomic E-state index is 0.191. The van der Waals surface area contributed by atoms with Crippen LogP contribution in [-0.4, -0.2) is 107 Å². The lowest BCUT2D eigenvalue weighted by atomic mass is 9.62. The monoisotopic (exact) mass is 814 g/mol. The van der Waals surface area contributed by atoms with Gasteiger partial charge in [-0.1, -0.05) is 31.0 Å². The van der Waals surface area contributed by atoms with Crippen molar-refractivity contribution in [1.29, 1.82) is 0 Å². The van der Waals surface area contributed by atoms with Crippen LogP contribution in [-0.2, 0) is 32.5 Å². The van der Waals surface area contributed by atoms with Gasteiger partial charge in [0.25, 0.3) is 5.91 Å². The number of sulfonamides is 1. The number of benzene rings is 2. The zero-order valence-corrected chi connectivity index (χ0v) is 36.3. The molecule has 56 heavy (non-hydrogen) atoms. The number of carbonyl (C=O) groups is 1. The first kappa shape index (κ1) is 43.2. The van der Waals surface area contributed by atoms with E-state index in [1.54, 1.807) is 13.2 Å². The summed E-state index contributed by atoms with van der Waals surface area (Å²) in [5, 5.41) is -0.0601. The molecule has 1 aliphatic carbocycles. The van der Waals surface area contributed by atoms with Gasteiger partial charge in [0.05, 0.1) is 16.5 Å². The van der Waals surface area contributed by atoms with Gasteiger partial charge in [-0.15, -0.1) is 0 Å². The second-order valence-corrected chi connectivity index (χ2v) is 19.6. The van der Waals surface area contributed by atoms with E-state index in [2.05, 4.69) is 47.1 Å². The Balaban J connectivity index is 1.40. The van der Waals surface area contributed by atoms with Crippen molar-refractivity contribution >= 4 is 33.2 Å². The van der Waals surface area contributed by atoms with Crippen LogP contribution in [0.1, 0.15) is 107 Å². The lowest BCUT2D eigenvalue weighted by Crippen LogP contribution is -2.61. The van der Waals surface area contributed by atoms with Gasteiger partial charge in [-0.25, -0.2) is 13.1 Å². The van der Waals surface area contributed by atoms with Crippen LogP contribution in [0.3, 0.4) is 0 Å². The molecular formula is C44H67ClN4O6S. The third kappa shape index (κ3) is 10.1. The molecule has 0 unspecified atom stereocenters. The van der Waals surface area contributed by atoms with Crippen LogP contribution < -0.4 is 14.4 Å². The summed E-state index contributed by atoms with van der Waals surface area (Å²) in [6.07, 6.45) is 7.76. The molecule has 0 aromatic heterocycles. The van der Waals surface area contributed by atoms with E-state index in [4.69, 9.17) is 25.8 Å². The highest BCUT2D eigenvalue weighted by Gasteiger charge is 2.50. The number of hydrogen-bond acceptors (Lipinski definition) is 9. The van der Waals surface area contributed by atoms with Crippen molar-refractivity contribution in [3.63, 3.8) is 0 Å². The average molecular weight is 816 g/mol. The number of halogens is 1. The SMILES string of the molecule is CCO[C@]1(CN2CCN(C(C)C)[C@H](C)C2)CCC[C@H](C)[C@@H](CCOC)S(=O)(=O)NC(=O)c2ccc3c(c2)N(CCCCc2cc(Cl)ccc2CO3)C[C@@H]2CC[C@H]21. The fourth-order valence-electron chi connectivity index (χ4n) is 10.2. The smallest absolute Gasteiger partial charge is 0.264 e. The second-order valence-electron chi connectivity index (χ2n) is 17.3. The minimum Gasteiger partial charge on any atom is -0.487 e. The van der Waals surface area contributed by atoms with Crippen molar-refractivity contribution in [2.45, 2.75) is 122 Å². The average Bonchev–Trinajstić information content (AvgIpc) is 3.16. The van der Waals surface area contributed by atoms with E-state index < -0.39 is 21.2 Å². The fraction of sp³-hybridized carbons (Fsp3) is 0.705. The third-order valence-electron chi connectivity index (χ3n) is 13.3. The second kappa shape index (κ2) is 19.1. The number of piperazine rings is 1. The van der Waals surface area contributed by atoms with Crippen molar-refractivity contribution in [1.82, 2.24) is 14.5 Å². The first-order valence-electron chi connectivity index (χ1n) is 21.3. The summed E-state index contributed by atoms with van der Waals surface area (Å²) in [4.78, 5) is 21.6. The Labute approximate surface area is 342 Å². The largest absolute Gasteiger partial charge is 0.487 e. The summed E-state index contributed by atoms with van der Waals surface area (Å²) in [5.41, 5.74) is 3.06. The molecule has 0 radical (unpaired) electrons. The van der Waals surface area contributed by atoms with Gasteiger partial charge >= 0.3 is 0 Å². The van der Waals surface area contributed by atoms with Gasteiger partial charge in [-0.05, 0) is 138 Å². The summed E-state index contributed by atoms with van der Waals surface area (Å²) in [6, 6.07) is 12.3. The Morgan fingerprint density at radius 3 is 2.54 bits per heavy atom. The highest BCUT2D eigenvalue weighted by molar-refractivity contribution is 7.90. The van der Waals surface area contributed by atoms with Crippen LogP contribution in [0.2, 0.25) is 5.02 Å². The molecule has 12 heteroatoms. The van der Waals surface area contributed by atoms with E-state index in [0.29, 0.717) is 61.3 Å². The Kier molecular flexibility index (Phi) is 14.7. The van der Waals surface area contributed by atoms with Gasteiger partial charge in [0, 0.05) is 82.3 Å². The zero-order chi connectivity index (χ0) is 40.0. The molecule has 2 aromatic carbocycles. The molecule has 1 saturated carbocycles. The number of nitrogens with one attached hydrogen (secondary N) is 1. The normalized spacial score (nSPS) is 29.6. The Bertz CT molecular complexity index is 1740. The van der Waals surface area contributed by atoms with Crippen LogP contribution in [0, 0.1) is 17.8 Å². The third-order valence-corrected chi connectivity index (χ3v) is 15.5. The maximum atomic E-state index is 14.1. The summed E-state index contributed by atoms with van der Waals surface area (Å²) in [6.45, 7) is 17.9. The molecule has 6 rings (SSSR count). The predicted molar refractivity (Wildman–Crippen MR) is 225 cm³/mol. The molecule has 2 aromatic rings. The molecule has 0 spiro atoms. The number of fused-ring (bicyclic) bond motifs is 3. The molecule has 312 valence electrons. The number of methoxy groups -OCH3 is 1. The molecule has 1 amide bonds. The van der Waals surface area contributed by atoms with Crippen molar-refractivity contribution < 1.29 is 27.4 Å². The lowest BCUT2D eigenvalue weighted by molar-refractivity contribution is -0.150. The van der Waals surface area contributed by atoms with E-state index in [1.807, 2.05) is 37.3 Å². The number of amides is 1. The van der Waals surface area contributed by atoms with E-state index in [0.717, 1.165) is 100 Å². The van der Waals surface area contributed by atoms with E-state index >= 15 is 0 Å². The van der Waals surface area contributed by atoms with Crippen molar-refractivity contribution in [2.75, 3.05) is 64.5 Å². The molecule has 10 nitrogen and oxygen atoms in total. The van der Waals surface area contributed by atoms with Gasteiger partial charge in [0.2, 0.25) is 10.0 Å². The van der Waals surface area contributed by atoms with Gasteiger partial charge < -0.3 is 19.1 Å². The van der Waals surface area contributed by atoms with E-state index in [-0.39, 0.29) is 18.1 Å². The van der Waals surface area contributed by atoms with Crippen molar-refractivity contribution in [3.8, 4) is 5.75 Å². The molecule has 2 bridgehead atoms. The molecule has 6 atom stereocenters. The fourth-order valence-corrected chi connectivity index (χ4v) is 12.1. The van der Waals surface area contributed by atoms with E-state index in [1.165, 1.54) is 5.56 Å². The topological polar surface area (TPSA) is 101 Å². The number of carbonyl (C=O) groups excluding carboxylic acids is 1. The van der Waals surface area contributed by atoms with Crippen LogP contribution in [0.4, 0.5) is 5.69 Å². The molecule has 1 saturated heterocycles. The number of nitrogens with zero attached hydrogens (tertiary/aromatic N) is 3. The minimum atomic E-state index is -4.04. The zero-order valence-electron chi connectivity index (χ0n) is 34.7. The maximum Gasteiger partial charge on any atom is 0.264 e. The Morgan fingerprint density at radius 1 is 1.00 bits per heavy atom. The van der Waals surface area contributed by atoms with Gasteiger partial charge in [0.15, 0.2) is 0 Å². The molecule has 3 heterocycles. The maximum absolute atomic E-state index is 14.1. The molecule has 4 aliphatic rings. The Morgan fingerprint density at radius 2 is 1.82 bits per heavy atom. The van der Waals surface area contributed by atoms with E-state index in [9.17, 15) is 13.2 Å². The van der Waals surface area contributed by atoms with Crippen LogP contribution in [0.25, 0.3) is 0 Å². The van der Waals surface area contributed by atoms with Gasteiger partial charge in [-0.2, -0.15) is 0 Å². The Hall–Kier alpha value is -2.41. The van der Waals surface area contributed by atoms with Crippen molar-refractivity contribution in [2.24, 2.45) is 17.8 Å². The number of hydrogen-bond donors (Lipinski definition) is 1. The number of aryl methyl sites for hydroxylation is 1. The predicted octanol–water partition coefficient (Wildman–Crippen LogP) is 7.56. The highest BCUT2D eigenvalue weighted by Crippen LogP contribution is 2.48. The molecule has 3 aliphatic heterocycles. The summed E-state index contributed by atoms with van der Waals surface area (Å²) in [7, 11) is -2.45. The summed E-state index contributed by atoms with van der Waals surface area (Å²) >= 11 is 6.44. The number of rotatable bonds is 8. The van der Waals surface area contributed by atoms with Crippen LogP contribution in [0.5, 0.6) is 5.75 Å². The highest BCUT2D eigenvalue weighted by atomic mass is 35.5. The first-order valence-corrected chi connectivity index (χ1v) is 23.2. The molecule has 1 N–H and O–H groups in total. The van der Waals surface area contributed by atoms with Crippen LogP contribution in [0.15, 0.2) is 36.4 Å². The molecular weight excluding hydrogens is 748 g/mol. The summed E-state index contributed by atoms with van der Waals surface area (Å²) < 4.78 is 49.8. The van der Waals surface area contributed by atoms with Crippen LogP contribution >= 0.6 is 11.6 Å². The summed E-state index contributed by atoms with van der Waals surface area (Å²) in [5.74, 6) is 0.611. The first-order chi connectivity index (χ1) is 26.8. The lowest BCUT2D eigenvalue weighted by Gasteiger charge is -2.54. The van der Waals surface area contributed by atoms with Crippen molar-refractivity contribution in [3.05, 3.63) is 58.1 Å². The quantitative estimate of drug-likeness (QED) is 0.290. The van der Waals surface area contributed by atoms with Gasteiger partial charge in [-0.3, -0.25) is 14.6 Å². The van der Waals surface area contributed by atoms with Gasteiger partial charge in [0.1, 0.15) is 12.4 Å². The molecule has 2 fully saturated rings.